The quantitative estimate of drug-likeness (QED) is 0.744. The van der Waals surface area contributed by atoms with Crippen LogP contribution in [0.2, 0.25) is 0 Å². The van der Waals surface area contributed by atoms with Crippen molar-refractivity contribution in [3.05, 3.63) is 54.6 Å². The van der Waals surface area contributed by atoms with Gasteiger partial charge < -0.3 is 10.2 Å². The highest BCUT2D eigenvalue weighted by Gasteiger charge is 2.16. The van der Waals surface area contributed by atoms with E-state index in [0.29, 0.717) is 18.8 Å². The van der Waals surface area contributed by atoms with Crippen molar-refractivity contribution in [1.82, 2.24) is 14.9 Å². The highest BCUT2D eigenvalue weighted by atomic mass is 16.2. The molecule has 1 aliphatic heterocycles. The van der Waals surface area contributed by atoms with Gasteiger partial charge in [-0.2, -0.15) is 0 Å². The van der Waals surface area contributed by atoms with Crippen molar-refractivity contribution in [3.8, 4) is 11.4 Å². The van der Waals surface area contributed by atoms with E-state index in [9.17, 15) is 4.79 Å². The van der Waals surface area contributed by atoms with Gasteiger partial charge in [0.25, 0.3) is 0 Å². The topological polar surface area (TPSA) is 58.1 Å². The molecule has 27 heavy (non-hydrogen) atoms. The summed E-state index contributed by atoms with van der Waals surface area (Å²) in [5, 5.41) is 4.34. The summed E-state index contributed by atoms with van der Waals surface area (Å²) in [5.41, 5.74) is 1.88. The monoisotopic (exact) mass is 360 g/mol. The Hall–Kier alpha value is -2.95. The summed E-state index contributed by atoms with van der Waals surface area (Å²) in [5.74, 6) is 1.70. The third-order valence-corrected chi connectivity index (χ3v) is 4.98. The maximum atomic E-state index is 12.4. The largest absolute Gasteiger partial charge is 0.369 e. The van der Waals surface area contributed by atoms with Crippen molar-refractivity contribution in [1.29, 1.82) is 0 Å². The number of piperidine rings is 1. The molecule has 138 valence electrons. The first-order valence-corrected chi connectivity index (χ1v) is 9.65. The molecule has 1 amide bonds. The van der Waals surface area contributed by atoms with Gasteiger partial charge in [-0.3, -0.25) is 4.79 Å². The number of fused-ring (bicyclic) bond motifs is 1. The van der Waals surface area contributed by atoms with Crippen molar-refractivity contribution in [2.24, 2.45) is 0 Å². The Morgan fingerprint density at radius 1 is 0.926 bits per heavy atom. The summed E-state index contributed by atoms with van der Waals surface area (Å²) in [7, 11) is 0. The van der Waals surface area contributed by atoms with Gasteiger partial charge in [0.1, 0.15) is 5.82 Å². The summed E-state index contributed by atoms with van der Waals surface area (Å²) in [4.78, 5) is 23.8. The number of carbonyl (C=O) groups is 1. The fraction of sp³-hybridized carbons (Fsp3) is 0.318. The number of rotatable bonds is 5. The van der Waals surface area contributed by atoms with Gasteiger partial charge in [-0.25, -0.2) is 9.97 Å². The molecule has 0 aliphatic carbocycles. The highest BCUT2D eigenvalue weighted by molar-refractivity contribution is 5.90. The number of hydrogen-bond acceptors (Lipinski definition) is 4. The second-order valence-corrected chi connectivity index (χ2v) is 6.90. The highest BCUT2D eigenvalue weighted by Crippen LogP contribution is 2.24. The van der Waals surface area contributed by atoms with Crippen molar-refractivity contribution < 1.29 is 4.79 Å². The number of amides is 1. The molecule has 1 aromatic heterocycles. The van der Waals surface area contributed by atoms with Crippen LogP contribution in [0, 0.1) is 0 Å². The zero-order valence-corrected chi connectivity index (χ0v) is 15.4. The number of para-hydroxylation sites is 1. The first-order chi connectivity index (χ1) is 13.3. The zero-order chi connectivity index (χ0) is 18.5. The molecule has 2 aromatic carbocycles. The van der Waals surface area contributed by atoms with E-state index in [-0.39, 0.29) is 5.91 Å². The number of aromatic nitrogens is 2. The van der Waals surface area contributed by atoms with Crippen LogP contribution in [0.15, 0.2) is 54.6 Å². The number of likely N-dealkylation sites (tertiary alicyclic amines) is 1. The maximum absolute atomic E-state index is 12.4. The minimum Gasteiger partial charge on any atom is -0.369 e. The molecule has 0 saturated carbocycles. The minimum atomic E-state index is 0.226. The van der Waals surface area contributed by atoms with Crippen LogP contribution >= 0.6 is 0 Å². The fourth-order valence-electron chi connectivity index (χ4n) is 3.52. The normalized spacial score (nSPS) is 14.3. The molecule has 0 atom stereocenters. The van der Waals surface area contributed by atoms with E-state index in [1.54, 1.807) is 0 Å². The number of benzene rings is 2. The Bertz CT molecular complexity index is 920. The SMILES string of the molecule is O=C(CCNc1nc(-c2ccccc2)nc2ccccc12)N1CCCCC1. The lowest BCUT2D eigenvalue weighted by Gasteiger charge is -2.26. The number of anilines is 1. The Morgan fingerprint density at radius 3 is 2.48 bits per heavy atom. The molecule has 1 saturated heterocycles. The van der Waals surface area contributed by atoms with Gasteiger partial charge in [0.15, 0.2) is 5.82 Å². The molecule has 5 nitrogen and oxygen atoms in total. The van der Waals surface area contributed by atoms with Gasteiger partial charge in [-0.05, 0) is 31.4 Å². The molecule has 1 N–H and O–H groups in total. The summed E-state index contributed by atoms with van der Waals surface area (Å²) >= 11 is 0. The first-order valence-electron chi connectivity index (χ1n) is 9.65. The third kappa shape index (κ3) is 4.08. The number of hydrogen-bond donors (Lipinski definition) is 1. The van der Waals surface area contributed by atoms with Gasteiger partial charge in [-0.15, -0.1) is 0 Å². The minimum absolute atomic E-state index is 0.226. The van der Waals surface area contributed by atoms with E-state index in [2.05, 4.69) is 5.32 Å². The lowest BCUT2D eigenvalue weighted by molar-refractivity contribution is -0.131. The molecule has 3 aromatic rings. The molecule has 0 radical (unpaired) electrons. The maximum Gasteiger partial charge on any atom is 0.224 e. The van der Waals surface area contributed by atoms with Crippen LogP contribution in [0.4, 0.5) is 5.82 Å². The van der Waals surface area contributed by atoms with Crippen LogP contribution in [-0.2, 0) is 4.79 Å². The van der Waals surface area contributed by atoms with Crippen molar-refractivity contribution in [2.75, 3.05) is 25.0 Å². The van der Waals surface area contributed by atoms with E-state index in [1.807, 2.05) is 59.5 Å². The second kappa shape index (κ2) is 8.16. The fourth-order valence-corrected chi connectivity index (χ4v) is 3.52. The van der Waals surface area contributed by atoms with Crippen LogP contribution in [0.5, 0.6) is 0 Å². The van der Waals surface area contributed by atoms with E-state index < -0.39 is 0 Å². The molecule has 0 spiro atoms. The van der Waals surface area contributed by atoms with Crippen molar-refractivity contribution in [3.63, 3.8) is 0 Å². The smallest absolute Gasteiger partial charge is 0.224 e. The number of nitrogens with one attached hydrogen (secondary N) is 1. The van der Waals surface area contributed by atoms with Crippen LogP contribution in [0.3, 0.4) is 0 Å². The van der Waals surface area contributed by atoms with Gasteiger partial charge in [0, 0.05) is 37.0 Å². The molecule has 2 heterocycles. The summed E-state index contributed by atoms with van der Waals surface area (Å²) in [6, 6.07) is 17.9. The molecular weight excluding hydrogens is 336 g/mol. The Morgan fingerprint density at radius 2 is 1.67 bits per heavy atom. The van der Waals surface area contributed by atoms with Gasteiger partial charge in [0.05, 0.1) is 5.52 Å². The average molecular weight is 360 g/mol. The Balaban J connectivity index is 1.52. The van der Waals surface area contributed by atoms with Crippen LogP contribution in [0.25, 0.3) is 22.3 Å². The number of nitrogens with zero attached hydrogens (tertiary/aromatic N) is 3. The lowest BCUT2D eigenvalue weighted by atomic mass is 10.1. The third-order valence-electron chi connectivity index (χ3n) is 4.98. The zero-order valence-electron chi connectivity index (χ0n) is 15.4. The van der Waals surface area contributed by atoms with Gasteiger partial charge in [0.2, 0.25) is 5.91 Å². The van der Waals surface area contributed by atoms with E-state index in [4.69, 9.17) is 9.97 Å². The Kier molecular flexibility index (Phi) is 5.28. The van der Waals surface area contributed by atoms with E-state index in [0.717, 1.165) is 48.2 Å². The standard InChI is InChI=1S/C22H24N4O/c27-20(26-15-7-2-8-16-26)13-14-23-22-18-11-5-6-12-19(18)24-21(25-22)17-9-3-1-4-10-17/h1,3-6,9-12H,2,7-8,13-16H2,(H,23,24,25). The summed E-state index contributed by atoms with van der Waals surface area (Å²) in [6.07, 6.45) is 3.96. The van der Waals surface area contributed by atoms with Gasteiger partial charge in [-0.1, -0.05) is 42.5 Å². The molecule has 1 fully saturated rings. The second-order valence-electron chi connectivity index (χ2n) is 6.90. The lowest BCUT2D eigenvalue weighted by Crippen LogP contribution is -2.36. The molecule has 4 rings (SSSR count). The molecule has 5 heteroatoms. The molecular formula is C22H24N4O. The molecule has 0 unspecified atom stereocenters. The van der Waals surface area contributed by atoms with E-state index >= 15 is 0 Å². The number of carbonyl (C=O) groups excluding carboxylic acids is 1. The predicted octanol–water partition coefficient (Wildman–Crippen LogP) is 4.11. The molecule has 0 bridgehead atoms. The van der Waals surface area contributed by atoms with Crippen LogP contribution < -0.4 is 5.32 Å². The summed E-state index contributed by atoms with van der Waals surface area (Å²) < 4.78 is 0. The van der Waals surface area contributed by atoms with Gasteiger partial charge >= 0.3 is 0 Å². The van der Waals surface area contributed by atoms with Crippen LogP contribution in [-0.4, -0.2) is 40.4 Å². The average Bonchev–Trinajstić information content (AvgIpc) is 2.74. The van der Waals surface area contributed by atoms with Crippen molar-refractivity contribution in [2.45, 2.75) is 25.7 Å². The summed E-state index contributed by atoms with van der Waals surface area (Å²) in [6.45, 7) is 2.37. The predicted molar refractivity (Wildman–Crippen MR) is 109 cm³/mol. The van der Waals surface area contributed by atoms with Crippen LogP contribution in [0.1, 0.15) is 25.7 Å². The molecule has 1 aliphatic rings. The van der Waals surface area contributed by atoms with E-state index in [1.165, 1.54) is 6.42 Å². The van der Waals surface area contributed by atoms with Crippen molar-refractivity contribution >= 4 is 22.6 Å². The first kappa shape index (κ1) is 17.5. The Labute approximate surface area is 159 Å².